The summed E-state index contributed by atoms with van der Waals surface area (Å²) in [5.74, 6) is 0.122. The number of benzene rings is 2. The lowest BCUT2D eigenvalue weighted by atomic mass is 9.97. The summed E-state index contributed by atoms with van der Waals surface area (Å²) in [4.78, 5) is 11.8. The van der Waals surface area contributed by atoms with Gasteiger partial charge in [-0.15, -0.1) is 0 Å². The molecule has 0 saturated heterocycles. The zero-order valence-electron chi connectivity index (χ0n) is 10.6. The zero-order valence-corrected chi connectivity index (χ0v) is 10.6. The van der Waals surface area contributed by atoms with E-state index in [0.29, 0.717) is 11.2 Å². The molecule has 0 bridgehead atoms. The van der Waals surface area contributed by atoms with Crippen molar-refractivity contribution in [2.24, 2.45) is 0 Å². The smallest absolute Gasteiger partial charge is 0.351 e. The molecule has 0 N–H and O–H groups in total. The molecule has 0 aliphatic rings. The predicted molar refractivity (Wildman–Crippen MR) is 73.7 cm³/mol. The van der Waals surface area contributed by atoms with Crippen LogP contribution in [0.5, 0.6) is 5.75 Å². The van der Waals surface area contributed by atoms with Gasteiger partial charge >= 0.3 is 5.97 Å². The van der Waals surface area contributed by atoms with Crippen molar-refractivity contribution < 1.29 is 14.3 Å². The van der Waals surface area contributed by atoms with Crippen molar-refractivity contribution in [3.05, 3.63) is 60.2 Å². The first-order valence-electron chi connectivity index (χ1n) is 5.85. The second kappa shape index (κ2) is 6.09. The van der Waals surface area contributed by atoms with Gasteiger partial charge in [0.15, 0.2) is 0 Å². The first-order valence-corrected chi connectivity index (χ1v) is 5.85. The molecule has 19 heavy (non-hydrogen) atoms. The van der Waals surface area contributed by atoms with Gasteiger partial charge in [0.25, 0.3) is 0 Å². The molecule has 94 valence electrons. The molecule has 0 heterocycles. The van der Waals surface area contributed by atoms with E-state index in [-0.39, 0.29) is 0 Å². The zero-order chi connectivity index (χ0) is 13.7. The third kappa shape index (κ3) is 3.38. The summed E-state index contributed by atoms with van der Waals surface area (Å²) in [6, 6.07) is 16.1. The van der Waals surface area contributed by atoms with Gasteiger partial charge in [-0.25, -0.2) is 4.79 Å². The Morgan fingerprint density at radius 1 is 1.05 bits per heavy atom. The van der Waals surface area contributed by atoms with Crippen LogP contribution in [0.25, 0.3) is 0 Å². The SMILES string of the molecule is [B]c1ccc(OC(C(=O)OC)c2ccccc2)cc1. The Kier molecular flexibility index (Phi) is 4.24. The highest BCUT2D eigenvalue weighted by atomic mass is 16.6. The van der Waals surface area contributed by atoms with Gasteiger partial charge in [0.2, 0.25) is 6.10 Å². The van der Waals surface area contributed by atoms with Gasteiger partial charge in [0.05, 0.1) is 7.11 Å². The summed E-state index contributed by atoms with van der Waals surface area (Å²) in [5, 5.41) is 0. The van der Waals surface area contributed by atoms with Crippen molar-refractivity contribution in [1.82, 2.24) is 0 Å². The summed E-state index contributed by atoms with van der Waals surface area (Å²) >= 11 is 0. The predicted octanol–water partition coefficient (Wildman–Crippen LogP) is 1.77. The van der Waals surface area contributed by atoms with Crippen LogP contribution in [0, 0.1) is 0 Å². The number of ether oxygens (including phenoxy) is 2. The first kappa shape index (κ1) is 13.2. The lowest BCUT2D eigenvalue weighted by Gasteiger charge is -2.17. The minimum absolute atomic E-state index is 0.442. The van der Waals surface area contributed by atoms with Gasteiger partial charge in [-0.1, -0.05) is 47.9 Å². The van der Waals surface area contributed by atoms with Crippen LogP contribution in [0.2, 0.25) is 0 Å². The van der Waals surface area contributed by atoms with Crippen molar-refractivity contribution in [2.75, 3.05) is 7.11 Å². The summed E-state index contributed by atoms with van der Waals surface area (Å²) in [6.07, 6.45) is -0.783. The number of hydrogen-bond acceptors (Lipinski definition) is 3. The Morgan fingerprint density at radius 2 is 1.68 bits per heavy atom. The largest absolute Gasteiger partial charge is 0.474 e. The van der Waals surface area contributed by atoms with E-state index in [9.17, 15) is 4.79 Å². The van der Waals surface area contributed by atoms with E-state index in [4.69, 9.17) is 17.3 Å². The molecular weight excluding hydrogens is 239 g/mol. The van der Waals surface area contributed by atoms with Gasteiger partial charge in [0, 0.05) is 5.56 Å². The third-order valence-corrected chi connectivity index (χ3v) is 2.65. The second-order valence-corrected chi connectivity index (χ2v) is 4.00. The summed E-state index contributed by atoms with van der Waals surface area (Å²) in [6.45, 7) is 0. The number of esters is 1. The summed E-state index contributed by atoms with van der Waals surface area (Å²) < 4.78 is 10.5. The van der Waals surface area contributed by atoms with Crippen molar-refractivity contribution in [3.8, 4) is 5.75 Å². The lowest BCUT2D eigenvalue weighted by Crippen LogP contribution is -2.20. The minimum Gasteiger partial charge on any atom is -0.474 e. The fourth-order valence-corrected chi connectivity index (χ4v) is 1.67. The number of rotatable bonds is 4. The summed E-state index contributed by atoms with van der Waals surface area (Å²) in [7, 11) is 6.95. The van der Waals surface area contributed by atoms with Crippen LogP contribution in [0.15, 0.2) is 54.6 Å². The Hall–Kier alpha value is -2.23. The first-order chi connectivity index (χ1) is 9.20. The number of hydrogen-bond donors (Lipinski definition) is 0. The van der Waals surface area contributed by atoms with Crippen LogP contribution < -0.4 is 10.2 Å². The Morgan fingerprint density at radius 3 is 2.26 bits per heavy atom. The quantitative estimate of drug-likeness (QED) is 0.614. The number of carbonyl (C=O) groups excluding carboxylic acids is 1. The molecular formula is C15H13BO3. The van der Waals surface area contributed by atoms with Crippen LogP contribution in [0.3, 0.4) is 0 Å². The molecule has 2 aromatic carbocycles. The molecule has 4 heteroatoms. The van der Waals surface area contributed by atoms with E-state index < -0.39 is 12.1 Å². The second-order valence-electron chi connectivity index (χ2n) is 4.00. The van der Waals surface area contributed by atoms with Crippen LogP contribution in [0.1, 0.15) is 11.7 Å². The molecule has 0 aliphatic heterocycles. The van der Waals surface area contributed by atoms with E-state index in [1.165, 1.54) is 7.11 Å². The Balaban J connectivity index is 2.24. The van der Waals surface area contributed by atoms with E-state index >= 15 is 0 Å². The summed E-state index contributed by atoms with van der Waals surface area (Å²) in [5.41, 5.74) is 1.38. The highest BCUT2D eigenvalue weighted by Crippen LogP contribution is 2.22. The highest BCUT2D eigenvalue weighted by molar-refractivity contribution is 6.32. The monoisotopic (exact) mass is 252 g/mol. The third-order valence-electron chi connectivity index (χ3n) is 2.65. The van der Waals surface area contributed by atoms with Crippen LogP contribution in [0.4, 0.5) is 0 Å². The molecule has 2 aromatic rings. The van der Waals surface area contributed by atoms with Gasteiger partial charge in [0.1, 0.15) is 13.6 Å². The van der Waals surface area contributed by atoms with E-state index in [1.54, 1.807) is 24.3 Å². The highest BCUT2D eigenvalue weighted by Gasteiger charge is 2.23. The molecule has 2 radical (unpaired) electrons. The van der Waals surface area contributed by atoms with Crippen LogP contribution >= 0.6 is 0 Å². The standard InChI is InChI=1S/C15H13BO3/c1-18-15(17)14(11-5-3-2-4-6-11)19-13-9-7-12(16)8-10-13/h2-10,14H,1H3. The fraction of sp³-hybridized carbons (Fsp3) is 0.133. The maximum atomic E-state index is 11.8. The molecule has 2 rings (SSSR count). The number of carbonyl (C=O) groups is 1. The van der Waals surface area contributed by atoms with Crippen LogP contribution in [-0.2, 0) is 9.53 Å². The average molecular weight is 252 g/mol. The van der Waals surface area contributed by atoms with Crippen molar-refractivity contribution in [1.29, 1.82) is 0 Å². The Bertz CT molecular complexity index is 537. The van der Waals surface area contributed by atoms with E-state index in [2.05, 4.69) is 0 Å². The normalized spacial score (nSPS) is 11.6. The van der Waals surface area contributed by atoms with Crippen molar-refractivity contribution in [2.45, 2.75) is 6.10 Å². The van der Waals surface area contributed by atoms with Crippen molar-refractivity contribution in [3.63, 3.8) is 0 Å². The van der Waals surface area contributed by atoms with Crippen molar-refractivity contribution >= 4 is 19.3 Å². The molecule has 1 unspecified atom stereocenters. The van der Waals surface area contributed by atoms with E-state index in [0.717, 1.165) is 5.56 Å². The molecule has 0 spiro atoms. The number of methoxy groups -OCH3 is 1. The molecule has 3 nitrogen and oxygen atoms in total. The average Bonchev–Trinajstić information content (AvgIpc) is 2.47. The van der Waals surface area contributed by atoms with E-state index in [1.807, 2.05) is 30.3 Å². The molecule has 0 amide bonds. The van der Waals surface area contributed by atoms with Crippen LogP contribution in [-0.4, -0.2) is 20.9 Å². The lowest BCUT2D eigenvalue weighted by molar-refractivity contribution is -0.149. The molecule has 0 aromatic heterocycles. The van der Waals surface area contributed by atoms with Gasteiger partial charge < -0.3 is 9.47 Å². The van der Waals surface area contributed by atoms with Gasteiger partial charge in [-0.2, -0.15) is 0 Å². The Labute approximate surface area is 113 Å². The topological polar surface area (TPSA) is 35.5 Å². The van der Waals surface area contributed by atoms with Gasteiger partial charge in [-0.05, 0) is 12.1 Å². The maximum absolute atomic E-state index is 11.8. The molecule has 0 fully saturated rings. The maximum Gasteiger partial charge on any atom is 0.351 e. The molecule has 0 saturated carbocycles. The molecule has 1 atom stereocenters. The molecule has 0 aliphatic carbocycles. The minimum atomic E-state index is -0.783. The fourth-order valence-electron chi connectivity index (χ4n) is 1.67. The van der Waals surface area contributed by atoms with Gasteiger partial charge in [-0.3, -0.25) is 0 Å².